The molecule has 8 nitrogen and oxygen atoms in total. The molecule has 1 amide bonds. The van der Waals surface area contributed by atoms with Gasteiger partial charge in [-0.1, -0.05) is 30.3 Å². The molecule has 0 saturated carbocycles. The van der Waals surface area contributed by atoms with Crippen molar-refractivity contribution in [3.05, 3.63) is 35.9 Å². The van der Waals surface area contributed by atoms with Crippen LogP contribution in [0.1, 0.15) is 12.0 Å². The minimum Gasteiger partial charge on any atom is -0.475 e. The number of nitrogens with one attached hydrogen (secondary N) is 1. The average molecular weight is 444 g/mol. The Labute approximate surface area is 166 Å². The van der Waals surface area contributed by atoms with Gasteiger partial charge in [-0.25, -0.2) is 4.79 Å². The molecule has 1 heterocycles. The van der Waals surface area contributed by atoms with Crippen LogP contribution in [0.15, 0.2) is 40.6 Å². The monoisotopic (exact) mass is 444 g/mol. The van der Waals surface area contributed by atoms with Gasteiger partial charge in [0, 0.05) is 20.1 Å². The van der Waals surface area contributed by atoms with Crippen molar-refractivity contribution in [2.75, 3.05) is 20.3 Å². The minimum absolute atomic E-state index is 0.109. The number of hydrogen-bond acceptors (Lipinski definition) is 6. The molecular weight excluding hydrogens is 426 g/mol. The van der Waals surface area contributed by atoms with Crippen molar-refractivity contribution < 1.29 is 45.8 Å². The number of nitrogens with zero attached hydrogens (tertiary/aromatic N) is 2. The van der Waals surface area contributed by atoms with Crippen LogP contribution in [0.5, 0.6) is 0 Å². The summed E-state index contributed by atoms with van der Waals surface area (Å²) in [6.07, 6.45) is -10.1. The number of carboxylic acid groups (broad SMARTS) is 1. The predicted octanol–water partition coefficient (Wildman–Crippen LogP) is 2.35. The Morgan fingerprint density at radius 1 is 1.13 bits per heavy atom. The normalized spacial score (nSPS) is 16.7. The Hall–Kier alpha value is -2.74. The fourth-order valence-electron chi connectivity index (χ4n) is 2.17. The summed E-state index contributed by atoms with van der Waals surface area (Å²) in [5.74, 6) is -3.38. The highest BCUT2D eigenvalue weighted by Crippen LogP contribution is 2.46. The van der Waals surface area contributed by atoms with Crippen molar-refractivity contribution in [3.63, 3.8) is 0 Å². The number of amides is 1. The summed E-state index contributed by atoms with van der Waals surface area (Å²) in [7, 11) is 1.39. The molecule has 168 valence electrons. The topological polar surface area (TPSA) is 126 Å². The van der Waals surface area contributed by atoms with Crippen molar-refractivity contribution in [1.29, 1.82) is 0 Å². The number of methoxy groups -OCH3 is 1. The molecule has 1 aromatic rings. The summed E-state index contributed by atoms with van der Waals surface area (Å²) in [5, 5.41) is 15.6. The molecule has 4 N–H and O–H groups in total. The van der Waals surface area contributed by atoms with Gasteiger partial charge in [-0.15, -0.1) is 10.2 Å². The first-order chi connectivity index (χ1) is 13.7. The smallest absolute Gasteiger partial charge is 0.475 e. The third-order valence-corrected chi connectivity index (χ3v) is 3.86. The van der Waals surface area contributed by atoms with Crippen molar-refractivity contribution in [1.82, 2.24) is 5.32 Å². The second kappa shape index (κ2) is 9.38. The van der Waals surface area contributed by atoms with E-state index in [2.05, 4.69) is 15.5 Å². The molecule has 1 aromatic carbocycles. The summed E-state index contributed by atoms with van der Waals surface area (Å²) >= 11 is 0. The van der Waals surface area contributed by atoms with Gasteiger partial charge in [-0.3, -0.25) is 4.79 Å². The van der Waals surface area contributed by atoms with Crippen LogP contribution in [0.25, 0.3) is 0 Å². The Kier molecular flexibility index (Phi) is 7.91. The number of benzene rings is 1. The number of nitrogens with two attached hydrogens (primary N) is 1. The number of alkyl halides is 6. The molecule has 0 spiro atoms. The van der Waals surface area contributed by atoms with Crippen LogP contribution in [-0.2, 0) is 19.9 Å². The van der Waals surface area contributed by atoms with E-state index in [1.807, 2.05) is 0 Å². The van der Waals surface area contributed by atoms with Gasteiger partial charge in [0.25, 0.3) is 5.66 Å². The molecule has 2 rings (SSSR count). The van der Waals surface area contributed by atoms with Gasteiger partial charge in [0.15, 0.2) is 0 Å². The lowest BCUT2D eigenvalue weighted by Crippen LogP contribution is -2.55. The Morgan fingerprint density at radius 3 is 2.00 bits per heavy atom. The van der Waals surface area contributed by atoms with Crippen LogP contribution in [0, 0.1) is 0 Å². The van der Waals surface area contributed by atoms with E-state index in [9.17, 15) is 31.1 Å². The number of ether oxygens (including phenoxy) is 1. The van der Waals surface area contributed by atoms with Crippen LogP contribution < -0.4 is 11.1 Å². The first-order valence-electron chi connectivity index (χ1n) is 8.12. The van der Waals surface area contributed by atoms with E-state index < -0.39 is 41.9 Å². The molecule has 0 bridgehead atoms. The largest absolute Gasteiger partial charge is 0.490 e. The van der Waals surface area contributed by atoms with E-state index in [4.69, 9.17) is 20.4 Å². The maximum atomic E-state index is 12.7. The average Bonchev–Trinajstić information content (AvgIpc) is 3.43. The highest BCUT2D eigenvalue weighted by molar-refractivity contribution is 5.87. The van der Waals surface area contributed by atoms with Crippen molar-refractivity contribution in [3.8, 4) is 0 Å². The first-order valence-corrected chi connectivity index (χ1v) is 8.12. The van der Waals surface area contributed by atoms with Gasteiger partial charge < -0.3 is 20.9 Å². The second-order valence-corrected chi connectivity index (χ2v) is 6.09. The molecule has 1 atom stereocenters. The molecule has 1 aliphatic rings. The molecule has 30 heavy (non-hydrogen) atoms. The van der Waals surface area contributed by atoms with Gasteiger partial charge in [0.05, 0.1) is 6.61 Å². The Balaban J connectivity index is 0.000000553. The summed E-state index contributed by atoms with van der Waals surface area (Å²) in [4.78, 5) is 21.2. The summed E-state index contributed by atoms with van der Waals surface area (Å²) in [6.45, 7) is -0.358. The van der Waals surface area contributed by atoms with Crippen LogP contribution >= 0.6 is 0 Å². The van der Waals surface area contributed by atoms with E-state index in [1.54, 1.807) is 30.3 Å². The van der Waals surface area contributed by atoms with Gasteiger partial charge in [0.1, 0.15) is 5.54 Å². The zero-order valence-electron chi connectivity index (χ0n) is 15.4. The highest BCUT2D eigenvalue weighted by atomic mass is 19.4. The number of hydrogen-bond donors (Lipinski definition) is 3. The molecule has 0 saturated heterocycles. The van der Waals surface area contributed by atoms with E-state index in [0.29, 0.717) is 5.56 Å². The number of carbonyl (C=O) groups is 2. The highest BCUT2D eigenvalue weighted by Gasteiger charge is 2.63. The third kappa shape index (κ3) is 6.38. The van der Waals surface area contributed by atoms with Crippen LogP contribution in [0.2, 0.25) is 0 Å². The summed E-state index contributed by atoms with van der Waals surface area (Å²) in [5.41, 5.74) is 2.75. The van der Waals surface area contributed by atoms with Gasteiger partial charge in [0.2, 0.25) is 5.91 Å². The molecule has 0 aromatic heterocycles. The molecule has 0 aliphatic carbocycles. The van der Waals surface area contributed by atoms with E-state index >= 15 is 0 Å². The fourth-order valence-corrected chi connectivity index (χ4v) is 2.17. The van der Waals surface area contributed by atoms with E-state index in [0.717, 1.165) is 0 Å². The van der Waals surface area contributed by atoms with Gasteiger partial charge in [-0.05, 0) is 5.56 Å². The number of carboxylic acids is 1. The van der Waals surface area contributed by atoms with Crippen LogP contribution in [0.3, 0.4) is 0 Å². The maximum Gasteiger partial charge on any atom is 0.490 e. The van der Waals surface area contributed by atoms with E-state index in [1.165, 1.54) is 7.11 Å². The Morgan fingerprint density at radius 2 is 1.63 bits per heavy atom. The molecular formula is C16H18F6N4O4. The third-order valence-electron chi connectivity index (χ3n) is 3.86. The summed E-state index contributed by atoms with van der Waals surface area (Å²) < 4.78 is 74.8. The van der Waals surface area contributed by atoms with E-state index in [-0.39, 0.29) is 13.2 Å². The Bertz CT molecular complexity index is 763. The predicted molar refractivity (Wildman–Crippen MR) is 89.1 cm³/mol. The molecule has 14 heteroatoms. The standard InChI is InChI=1S/C14H17F3N4O2.C2HF3O2/c1-23-9-12(18,10-5-3-2-4-6-10)11(22)19-8-7-13(20-21-13)14(15,16)17;3-2(4,5)1(6)7/h2-6H,7-9,18H2,1H3,(H,19,22);(H,6,7). The second-order valence-electron chi connectivity index (χ2n) is 6.09. The maximum absolute atomic E-state index is 12.7. The quantitative estimate of drug-likeness (QED) is 0.557. The van der Waals surface area contributed by atoms with Crippen molar-refractivity contribution in [2.45, 2.75) is 30.0 Å². The molecule has 0 radical (unpaired) electrons. The van der Waals surface area contributed by atoms with Crippen molar-refractivity contribution >= 4 is 11.9 Å². The summed E-state index contributed by atoms with van der Waals surface area (Å²) in [6, 6.07) is 8.49. The van der Waals surface area contributed by atoms with Gasteiger partial charge >= 0.3 is 18.3 Å². The molecule has 0 fully saturated rings. The number of rotatable bonds is 7. The zero-order chi connectivity index (χ0) is 23.2. The number of aliphatic carboxylic acids is 1. The zero-order valence-corrected chi connectivity index (χ0v) is 15.4. The lowest BCUT2D eigenvalue weighted by molar-refractivity contribution is -0.192. The first kappa shape index (κ1) is 25.3. The molecule has 1 aliphatic heterocycles. The lowest BCUT2D eigenvalue weighted by atomic mass is 9.90. The van der Waals surface area contributed by atoms with Crippen LogP contribution in [0.4, 0.5) is 26.3 Å². The van der Waals surface area contributed by atoms with Crippen LogP contribution in [-0.4, -0.2) is 55.3 Å². The van der Waals surface area contributed by atoms with Crippen molar-refractivity contribution in [2.24, 2.45) is 16.0 Å². The fraction of sp³-hybridized carbons (Fsp3) is 0.500. The minimum atomic E-state index is -5.08. The number of halogens is 6. The molecule has 1 unspecified atom stereocenters. The SMILES string of the molecule is COCC(N)(C(=O)NCCC1(C(F)(F)F)N=N1)c1ccccc1.O=C(O)C(F)(F)F. The van der Waals surface area contributed by atoms with Gasteiger partial charge in [-0.2, -0.15) is 26.3 Å². The number of carbonyl (C=O) groups excluding carboxylic acids is 1. The lowest BCUT2D eigenvalue weighted by Gasteiger charge is -2.28.